The topological polar surface area (TPSA) is 59.0 Å². The van der Waals surface area contributed by atoms with Crippen LogP contribution in [0.2, 0.25) is 0 Å². The second kappa shape index (κ2) is 3.92. The molecule has 1 aliphatic heterocycles. The number of aromatic hydroxyl groups is 1. The fraction of sp³-hybridized carbons (Fsp3) is 0.364. The van der Waals surface area contributed by atoms with Crippen LogP contribution in [0.25, 0.3) is 0 Å². The molecule has 5 nitrogen and oxygen atoms in total. The number of nitrogens with zero attached hydrogens (tertiary/aromatic N) is 1. The van der Waals surface area contributed by atoms with Crippen molar-refractivity contribution in [3.05, 3.63) is 17.7 Å². The maximum Gasteiger partial charge on any atom is 0.414 e. The van der Waals surface area contributed by atoms with Crippen molar-refractivity contribution in [1.82, 2.24) is 0 Å². The zero-order chi connectivity index (χ0) is 11.7. The predicted octanol–water partition coefficient (Wildman–Crippen LogP) is 1.53. The SMILES string of the molecule is COC(=O)N1CCc2cc(OC)c(O)cc21. The summed E-state index contributed by atoms with van der Waals surface area (Å²) in [5.74, 6) is 0.447. The smallest absolute Gasteiger partial charge is 0.414 e. The van der Waals surface area contributed by atoms with Crippen LogP contribution < -0.4 is 9.64 Å². The van der Waals surface area contributed by atoms with Crippen LogP contribution >= 0.6 is 0 Å². The lowest BCUT2D eigenvalue weighted by atomic mass is 10.1. The van der Waals surface area contributed by atoms with Crippen LogP contribution in [0.4, 0.5) is 10.5 Å². The van der Waals surface area contributed by atoms with Gasteiger partial charge < -0.3 is 14.6 Å². The first kappa shape index (κ1) is 10.6. The number of amides is 1. The minimum atomic E-state index is -0.414. The Morgan fingerprint density at radius 2 is 2.19 bits per heavy atom. The zero-order valence-electron chi connectivity index (χ0n) is 9.19. The summed E-state index contributed by atoms with van der Waals surface area (Å²) < 4.78 is 9.67. The number of hydrogen-bond donors (Lipinski definition) is 1. The maximum absolute atomic E-state index is 11.4. The highest BCUT2D eigenvalue weighted by atomic mass is 16.5. The molecule has 0 saturated heterocycles. The van der Waals surface area contributed by atoms with Gasteiger partial charge in [0.15, 0.2) is 11.5 Å². The summed E-state index contributed by atoms with van der Waals surface area (Å²) in [6.07, 6.45) is 0.324. The van der Waals surface area contributed by atoms with Gasteiger partial charge in [-0.2, -0.15) is 0 Å². The Bertz CT molecular complexity index is 430. The molecule has 0 radical (unpaired) electrons. The second-order valence-electron chi connectivity index (χ2n) is 3.52. The van der Waals surface area contributed by atoms with Gasteiger partial charge in [-0.15, -0.1) is 0 Å². The van der Waals surface area contributed by atoms with Gasteiger partial charge in [0.05, 0.1) is 19.9 Å². The quantitative estimate of drug-likeness (QED) is 0.784. The number of benzene rings is 1. The number of phenols is 1. The molecule has 1 N–H and O–H groups in total. The molecular weight excluding hydrogens is 210 g/mol. The molecule has 1 amide bonds. The van der Waals surface area contributed by atoms with E-state index in [1.807, 2.05) is 0 Å². The molecular formula is C11H13NO4. The number of rotatable bonds is 1. The number of carbonyl (C=O) groups is 1. The van der Waals surface area contributed by atoms with E-state index in [4.69, 9.17) is 4.74 Å². The summed E-state index contributed by atoms with van der Waals surface area (Å²) in [5.41, 5.74) is 1.66. The van der Waals surface area contributed by atoms with E-state index in [0.29, 0.717) is 18.0 Å². The van der Waals surface area contributed by atoms with E-state index in [1.165, 1.54) is 25.2 Å². The number of phenolic OH excluding ortho intramolecular Hbond substituents is 1. The van der Waals surface area contributed by atoms with Gasteiger partial charge in [0, 0.05) is 12.6 Å². The summed E-state index contributed by atoms with van der Waals surface area (Å²) in [7, 11) is 2.83. The highest BCUT2D eigenvalue weighted by Gasteiger charge is 2.26. The first-order chi connectivity index (χ1) is 7.67. The van der Waals surface area contributed by atoms with E-state index >= 15 is 0 Å². The molecule has 0 bridgehead atoms. The zero-order valence-corrected chi connectivity index (χ0v) is 9.19. The Morgan fingerprint density at radius 3 is 2.81 bits per heavy atom. The van der Waals surface area contributed by atoms with Crippen molar-refractivity contribution in [3.8, 4) is 11.5 Å². The molecule has 0 spiro atoms. The van der Waals surface area contributed by atoms with Crippen molar-refractivity contribution in [2.45, 2.75) is 6.42 Å². The van der Waals surface area contributed by atoms with E-state index in [-0.39, 0.29) is 5.75 Å². The monoisotopic (exact) mass is 223 g/mol. The van der Waals surface area contributed by atoms with Crippen molar-refractivity contribution in [1.29, 1.82) is 0 Å². The molecule has 86 valence electrons. The van der Waals surface area contributed by atoms with Gasteiger partial charge in [0.1, 0.15) is 0 Å². The lowest BCUT2D eigenvalue weighted by molar-refractivity contribution is 0.179. The summed E-state index contributed by atoms with van der Waals surface area (Å²) in [6, 6.07) is 3.27. The lowest BCUT2D eigenvalue weighted by Crippen LogP contribution is -2.28. The van der Waals surface area contributed by atoms with E-state index in [2.05, 4.69) is 4.74 Å². The van der Waals surface area contributed by atoms with Crippen molar-refractivity contribution in [2.75, 3.05) is 25.7 Å². The number of anilines is 1. The number of carbonyl (C=O) groups excluding carboxylic acids is 1. The third-order valence-electron chi connectivity index (χ3n) is 2.67. The third-order valence-corrected chi connectivity index (χ3v) is 2.67. The van der Waals surface area contributed by atoms with E-state index < -0.39 is 6.09 Å². The van der Waals surface area contributed by atoms with Gasteiger partial charge in [-0.25, -0.2) is 4.79 Å². The predicted molar refractivity (Wildman–Crippen MR) is 58.1 cm³/mol. The van der Waals surface area contributed by atoms with Crippen LogP contribution in [-0.2, 0) is 11.2 Å². The minimum Gasteiger partial charge on any atom is -0.504 e. The number of methoxy groups -OCH3 is 2. The van der Waals surface area contributed by atoms with E-state index in [9.17, 15) is 9.90 Å². The Hall–Kier alpha value is -1.91. The molecule has 1 heterocycles. The lowest BCUT2D eigenvalue weighted by Gasteiger charge is -2.16. The molecule has 2 rings (SSSR count). The third kappa shape index (κ3) is 1.54. The second-order valence-corrected chi connectivity index (χ2v) is 3.52. The van der Waals surface area contributed by atoms with Crippen LogP contribution in [0.5, 0.6) is 11.5 Å². The number of hydrogen-bond acceptors (Lipinski definition) is 4. The molecule has 0 fully saturated rings. The first-order valence-electron chi connectivity index (χ1n) is 4.92. The van der Waals surface area contributed by atoms with Crippen LogP contribution in [0.3, 0.4) is 0 Å². The molecule has 0 unspecified atom stereocenters. The number of ether oxygens (including phenoxy) is 2. The first-order valence-corrected chi connectivity index (χ1v) is 4.92. The van der Waals surface area contributed by atoms with Gasteiger partial charge in [-0.05, 0) is 18.1 Å². The van der Waals surface area contributed by atoms with Crippen molar-refractivity contribution < 1.29 is 19.4 Å². The van der Waals surface area contributed by atoms with Crippen molar-refractivity contribution >= 4 is 11.8 Å². The summed E-state index contributed by atoms with van der Waals surface area (Å²) in [5, 5.41) is 9.64. The fourth-order valence-corrected chi connectivity index (χ4v) is 1.87. The fourth-order valence-electron chi connectivity index (χ4n) is 1.87. The Balaban J connectivity index is 2.41. The van der Waals surface area contributed by atoms with Crippen molar-refractivity contribution in [2.24, 2.45) is 0 Å². The van der Waals surface area contributed by atoms with Gasteiger partial charge >= 0.3 is 6.09 Å². The molecule has 5 heteroatoms. The normalized spacial score (nSPS) is 13.5. The summed E-state index contributed by atoms with van der Waals surface area (Å²) in [6.45, 7) is 0.564. The molecule has 0 aliphatic carbocycles. The van der Waals surface area contributed by atoms with Gasteiger partial charge in [-0.3, -0.25) is 4.90 Å². The highest BCUT2D eigenvalue weighted by molar-refractivity contribution is 5.91. The molecule has 1 aromatic rings. The summed E-state index contributed by atoms with van der Waals surface area (Å²) >= 11 is 0. The Kier molecular flexibility index (Phi) is 2.60. The molecule has 1 aliphatic rings. The van der Waals surface area contributed by atoms with Crippen LogP contribution in [0, 0.1) is 0 Å². The van der Waals surface area contributed by atoms with Gasteiger partial charge in [-0.1, -0.05) is 0 Å². The average molecular weight is 223 g/mol. The van der Waals surface area contributed by atoms with E-state index in [0.717, 1.165) is 12.0 Å². The van der Waals surface area contributed by atoms with Crippen LogP contribution in [-0.4, -0.2) is 32.0 Å². The largest absolute Gasteiger partial charge is 0.504 e. The maximum atomic E-state index is 11.4. The minimum absolute atomic E-state index is 0.0250. The molecule has 1 aromatic carbocycles. The number of fused-ring (bicyclic) bond motifs is 1. The standard InChI is InChI=1S/C11H13NO4/c1-15-10-5-7-3-4-12(11(14)16-2)8(7)6-9(10)13/h5-6,13H,3-4H2,1-2H3. The molecule has 0 saturated carbocycles. The van der Waals surface area contributed by atoms with Gasteiger partial charge in [0.25, 0.3) is 0 Å². The Morgan fingerprint density at radius 1 is 1.44 bits per heavy atom. The summed E-state index contributed by atoms with van der Waals surface area (Å²) in [4.78, 5) is 12.9. The highest BCUT2D eigenvalue weighted by Crippen LogP contribution is 2.37. The van der Waals surface area contributed by atoms with E-state index in [1.54, 1.807) is 6.07 Å². The molecule has 16 heavy (non-hydrogen) atoms. The van der Waals surface area contributed by atoms with Crippen LogP contribution in [0.1, 0.15) is 5.56 Å². The Labute approximate surface area is 93.2 Å². The van der Waals surface area contributed by atoms with Gasteiger partial charge in [0.2, 0.25) is 0 Å². The molecule has 0 aromatic heterocycles. The average Bonchev–Trinajstić information content (AvgIpc) is 2.69. The van der Waals surface area contributed by atoms with Crippen molar-refractivity contribution in [3.63, 3.8) is 0 Å². The molecule has 0 atom stereocenters. The van der Waals surface area contributed by atoms with Crippen LogP contribution in [0.15, 0.2) is 12.1 Å².